The number of aliphatic hydroxyl groups excluding tert-OH is 1. The minimum Gasteiger partial charge on any atom is -0.410 e. The van der Waals surface area contributed by atoms with Crippen molar-refractivity contribution in [3.8, 4) is 5.75 Å². The molecule has 0 heterocycles. The molecule has 0 aromatic heterocycles. The van der Waals surface area contributed by atoms with Gasteiger partial charge < -0.3 is 20.1 Å². The minimum atomic E-state index is -0.406. The van der Waals surface area contributed by atoms with E-state index in [-0.39, 0.29) is 30.4 Å². The van der Waals surface area contributed by atoms with Gasteiger partial charge in [-0.25, -0.2) is 4.79 Å². The summed E-state index contributed by atoms with van der Waals surface area (Å²) in [6.07, 6.45) is 5.91. The van der Waals surface area contributed by atoms with Crippen molar-refractivity contribution < 1.29 is 19.4 Å². The lowest BCUT2D eigenvalue weighted by Crippen LogP contribution is -2.39. The first kappa shape index (κ1) is 26.9. The Hall–Kier alpha value is -3.64. The predicted molar refractivity (Wildman–Crippen MR) is 151 cm³/mol. The summed E-state index contributed by atoms with van der Waals surface area (Å²) in [6, 6.07) is 26.8. The number of para-hydroxylation sites is 1. The number of rotatable bonds is 10. The first-order valence-corrected chi connectivity index (χ1v) is 14.2. The highest BCUT2D eigenvalue weighted by atomic mass is 16.6. The molecule has 5 rings (SSSR count). The van der Waals surface area contributed by atoms with Gasteiger partial charge >= 0.3 is 6.09 Å². The number of hydrogen-bond donors (Lipinski definition) is 2. The number of carbonyl (C=O) groups is 2. The number of amides is 2. The number of hydrogen-bond acceptors (Lipinski definition) is 4. The fourth-order valence-corrected chi connectivity index (χ4v) is 5.60. The SMILES string of the molecule is O=C(NC(CO)c1ccccc1)C1CCCCC1c1ccc(CN(CC2CC2)C(=O)Oc2ccccc2)cc1. The average molecular weight is 527 g/mol. The van der Waals surface area contributed by atoms with Crippen molar-refractivity contribution in [1.29, 1.82) is 0 Å². The van der Waals surface area contributed by atoms with Crippen molar-refractivity contribution in [2.75, 3.05) is 13.2 Å². The maximum atomic E-state index is 13.4. The summed E-state index contributed by atoms with van der Waals surface area (Å²) in [5.74, 6) is 1.11. The molecule has 3 atom stereocenters. The van der Waals surface area contributed by atoms with E-state index in [1.807, 2.05) is 48.5 Å². The molecule has 2 aliphatic carbocycles. The first-order valence-electron chi connectivity index (χ1n) is 14.2. The molecule has 2 amide bonds. The van der Waals surface area contributed by atoms with Crippen molar-refractivity contribution in [1.82, 2.24) is 10.2 Å². The number of nitrogens with zero attached hydrogens (tertiary/aromatic N) is 1. The molecular weight excluding hydrogens is 488 g/mol. The number of benzene rings is 3. The molecule has 2 N–H and O–H groups in total. The van der Waals surface area contributed by atoms with E-state index in [4.69, 9.17) is 4.74 Å². The highest BCUT2D eigenvalue weighted by Gasteiger charge is 2.33. The van der Waals surface area contributed by atoms with Gasteiger partial charge in [0.15, 0.2) is 0 Å². The molecule has 0 saturated heterocycles. The van der Waals surface area contributed by atoms with Crippen LogP contribution in [0.5, 0.6) is 5.75 Å². The van der Waals surface area contributed by atoms with Crippen molar-refractivity contribution in [3.63, 3.8) is 0 Å². The Morgan fingerprint density at radius 1 is 0.872 bits per heavy atom. The minimum absolute atomic E-state index is 0.00551. The van der Waals surface area contributed by atoms with Crippen LogP contribution in [0.1, 0.15) is 67.2 Å². The molecule has 0 aliphatic heterocycles. The van der Waals surface area contributed by atoms with E-state index >= 15 is 0 Å². The van der Waals surface area contributed by atoms with Crippen LogP contribution in [0.2, 0.25) is 0 Å². The van der Waals surface area contributed by atoms with E-state index in [1.54, 1.807) is 17.0 Å². The monoisotopic (exact) mass is 526 g/mol. The topological polar surface area (TPSA) is 78.9 Å². The van der Waals surface area contributed by atoms with Crippen molar-refractivity contribution in [2.45, 2.75) is 57.0 Å². The van der Waals surface area contributed by atoms with Gasteiger partial charge in [-0.15, -0.1) is 0 Å². The second-order valence-corrected chi connectivity index (χ2v) is 10.9. The number of nitrogens with one attached hydrogen (secondary N) is 1. The van der Waals surface area contributed by atoms with E-state index in [9.17, 15) is 14.7 Å². The highest BCUT2D eigenvalue weighted by molar-refractivity contribution is 5.80. The van der Waals surface area contributed by atoms with E-state index in [0.717, 1.165) is 55.2 Å². The fourth-order valence-electron chi connectivity index (χ4n) is 5.60. The van der Waals surface area contributed by atoms with E-state index in [2.05, 4.69) is 29.6 Å². The molecule has 6 nitrogen and oxygen atoms in total. The van der Waals surface area contributed by atoms with Crippen molar-refractivity contribution in [3.05, 3.63) is 102 Å². The summed E-state index contributed by atoms with van der Waals surface area (Å²) in [4.78, 5) is 28.2. The zero-order valence-electron chi connectivity index (χ0n) is 22.4. The van der Waals surface area contributed by atoms with Crippen molar-refractivity contribution >= 4 is 12.0 Å². The molecule has 0 radical (unpaired) electrons. The fraction of sp³-hybridized carbons (Fsp3) is 0.394. The summed E-state index contributed by atoms with van der Waals surface area (Å²) in [7, 11) is 0. The smallest absolute Gasteiger partial charge is 0.410 e. The summed E-state index contributed by atoms with van der Waals surface area (Å²) in [6.45, 7) is 1.06. The van der Waals surface area contributed by atoms with Crippen LogP contribution in [-0.2, 0) is 11.3 Å². The van der Waals surface area contributed by atoms with Gasteiger partial charge in [0.05, 0.1) is 12.6 Å². The molecule has 3 unspecified atom stereocenters. The molecule has 3 aromatic rings. The Bertz CT molecular complexity index is 1210. The molecule has 39 heavy (non-hydrogen) atoms. The van der Waals surface area contributed by atoms with Crippen LogP contribution < -0.4 is 10.1 Å². The Morgan fingerprint density at radius 2 is 1.54 bits per heavy atom. The van der Waals surface area contributed by atoms with Gasteiger partial charge in [0.1, 0.15) is 5.75 Å². The average Bonchev–Trinajstić information content (AvgIpc) is 3.81. The van der Waals surface area contributed by atoms with Crippen LogP contribution >= 0.6 is 0 Å². The van der Waals surface area contributed by atoms with E-state index < -0.39 is 6.04 Å². The quantitative estimate of drug-likeness (QED) is 0.329. The van der Waals surface area contributed by atoms with Crippen LogP contribution in [0.25, 0.3) is 0 Å². The Balaban J connectivity index is 1.25. The molecule has 2 aliphatic rings. The summed E-state index contributed by atoms with van der Waals surface area (Å²) < 4.78 is 5.63. The summed E-state index contributed by atoms with van der Waals surface area (Å²) in [5.41, 5.74) is 3.11. The van der Waals surface area contributed by atoms with Gasteiger partial charge in [-0.05, 0) is 66.3 Å². The van der Waals surface area contributed by atoms with Gasteiger partial charge in [-0.3, -0.25) is 4.79 Å². The maximum Gasteiger partial charge on any atom is 0.415 e. The van der Waals surface area contributed by atoms with Crippen LogP contribution in [0.4, 0.5) is 4.79 Å². The lowest BCUT2D eigenvalue weighted by Gasteiger charge is -2.32. The zero-order chi connectivity index (χ0) is 27.0. The first-order chi connectivity index (χ1) is 19.1. The predicted octanol–water partition coefficient (Wildman–Crippen LogP) is 6.22. The van der Waals surface area contributed by atoms with Gasteiger partial charge in [-0.2, -0.15) is 0 Å². The van der Waals surface area contributed by atoms with Crippen LogP contribution in [0.3, 0.4) is 0 Å². The molecule has 6 heteroatoms. The Labute approximate surface area is 231 Å². The molecule has 2 saturated carbocycles. The third kappa shape index (κ3) is 7.27. The van der Waals surface area contributed by atoms with Crippen LogP contribution in [-0.4, -0.2) is 35.2 Å². The molecular formula is C33H38N2O4. The number of aliphatic hydroxyl groups is 1. The normalized spacial score (nSPS) is 19.6. The highest BCUT2D eigenvalue weighted by Crippen LogP contribution is 2.38. The van der Waals surface area contributed by atoms with Gasteiger partial charge in [0.25, 0.3) is 0 Å². The molecule has 2 fully saturated rings. The second-order valence-electron chi connectivity index (χ2n) is 10.9. The van der Waals surface area contributed by atoms with Gasteiger partial charge in [0.2, 0.25) is 5.91 Å². The van der Waals surface area contributed by atoms with E-state index in [0.29, 0.717) is 24.8 Å². The summed E-state index contributed by atoms with van der Waals surface area (Å²) in [5, 5.41) is 13.0. The van der Waals surface area contributed by atoms with Crippen LogP contribution in [0, 0.1) is 11.8 Å². The van der Waals surface area contributed by atoms with Crippen LogP contribution in [0.15, 0.2) is 84.9 Å². The van der Waals surface area contributed by atoms with Crippen molar-refractivity contribution in [2.24, 2.45) is 11.8 Å². The zero-order valence-corrected chi connectivity index (χ0v) is 22.4. The lowest BCUT2D eigenvalue weighted by molar-refractivity contribution is -0.127. The second kappa shape index (κ2) is 12.9. The van der Waals surface area contributed by atoms with Gasteiger partial charge in [-0.1, -0.05) is 85.6 Å². The lowest BCUT2D eigenvalue weighted by atomic mass is 9.74. The Kier molecular flexibility index (Phi) is 8.94. The molecule has 0 spiro atoms. The standard InChI is InChI=1S/C33H38N2O4/c36-23-31(27-9-3-1-4-10-27)34-32(37)30-14-8-7-13-29(30)26-19-17-25(18-20-26)22-35(21-24-15-16-24)33(38)39-28-11-5-2-6-12-28/h1-6,9-12,17-20,24,29-31,36H,7-8,13-16,21-23H2,(H,34,37). The summed E-state index contributed by atoms with van der Waals surface area (Å²) >= 11 is 0. The molecule has 0 bridgehead atoms. The molecule has 204 valence electrons. The third-order valence-corrected chi connectivity index (χ3v) is 7.97. The molecule has 3 aromatic carbocycles. The third-order valence-electron chi connectivity index (χ3n) is 7.97. The number of ether oxygens (including phenoxy) is 1. The maximum absolute atomic E-state index is 13.4. The van der Waals surface area contributed by atoms with E-state index in [1.165, 1.54) is 0 Å². The van der Waals surface area contributed by atoms with Gasteiger partial charge in [0, 0.05) is 19.0 Å². The largest absolute Gasteiger partial charge is 0.415 e. The number of carbonyl (C=O) groups excluding carboxylic acids is 2. The Morgan fingerprint density at radius 3 is 2.21 bits per heavy atom.